The first-order chi connectivity index (χ1) is 11.2. The fraction of sp³-hybridized carbons (Fsp3) is 0.353. The van der Waals surface area contributed by atoms with E-state index in [0.29, 0.717) is 19.0 Å². The van der Waals surface area contributed by atoms with Crippen LogP contribution in [0.5, 0.6) is 0 Å². The van der Waals surface area contributed by atoms with E-state index in [1.165, 1.54) is 12.1 Å². The highest BCUT2D eigenvalue weighted by Crippen LogP contribution is 2.39. The molecule has 2 N–H and O–H groups in total. The Bertz CT molecular complexity index is 746. The number of ether oxygens (including phenoxy) is 2. The summed E-state index contributed by atoms with van der Waals surface area (Å²) in [6.45, 7) is 1.32. The Balaban J connectivity index is 1.61. The maximum Gasteiger partial charge on any atom is 0.172 e. The summed E-state index contributed by atoms with van der Waals surface area (Å²) in [5, 5.41) is 4.35. The van der Waals surface area contributed by atoms with Crippen molar-refractivity contribution in [3.8, 4) is 5.69 Å². The molecular weight excluding hydrogens is 297 g/mol. The molecule has 1 aliphatic carbocycles. The molecule has 2 heterocycles. The van der Waals surface area contributed by atoms with Crippen LogP contribution in [0.25, 0.3) is 11.3 Å². The van der Waals surface area contributed by atoms with Crippen LogP contribution in [0.1, 0.15) is 24.8 Å². The smallest absolute Gasteiger partial charge is 0.172 e. The molecule has 0 radical (unpaired) electrons. The highest BCUT2D eigenvalue weighted by Gasteiger charge is 2.38. The summed E-state index contributed by atoms with van der Waals surface area (Å²) in [5.74, 6) is -0.158. The van der Waals surface area contributed by atoms with E-state index in [9.17, 15) is 4.39 Å². The summed E-state index contributed by atoms with van der Waals surface area (Å²) in [4.78, 5) is 0. The van der Waals surface area contributed by atoms with Gasteiger partial charge in [-0.15, -0.1) is 0 Å². The lowest BCUT2D eigenvalue weighted by atomic mass is 9.91. The monoisotopic (exact) mass is 315 g/mol. The normalized spacial score (nSPS) is 20.0. The molecular formula is C17H18FN3O2. The van der Waals surface area contributed by atoms with E-state index >= 15 is 0 Å². The number of nitrogens with two attached hydrogens (primary N) is 1. The Morgan fingerprint density at radius 1 is 1.17 bits per heavy atom. The minimum Gasteiger partial charge on any atom is -0.383 e. The number of benzene rings is 1. The fourth-order valence-corrected chi connectivity index (χ4v) is 3.21. The molecule has 6 heteroatoms. The molecule has 2 aromatic rings. The summed E-state index contributed by atoms with van der Waals surface area (Å²) < 4.78 is 26.1. The van der Waals surface area contributed by atoms with E-state index in [0.717, 1.165) is 36.1 Å². The van der Waals surface area contributed by atoms with Crippen molar-refractivity contribution in [2.24, 2.45) is 0 Å². The first kappa shape index (κ1) is 14.4. The topological polar surface area (TPSA) is 62.3 Å². The number of allylic oxidation sites excluding steroid dienone is 1. The number of hydrogen-bond donors (Lipinski definition) is 1. The predicted octanol–water partition coefficient (Wildman–Crippen LogP) is 2.90. The van der Waals surface area contributed by atoms with Crippen molar-refractivity contribution in [1.29, 1.82) is 0 Å². The van der Waals surface area contributed by atoms with Gasteiger partial charge in [0.1, 0.15) is 11.6 Å². The number of hydrogen-bond acceptors (Lipinski definition) is 4. The van der Waals surface area contributed by atoms with Crippen LogP contribution in [-0.4, -0.2) is 28.8 Å². The molecule has 1 aliphatic heterocycles. The zero-order chi connectivity index (χ0) is 15.9. The number of aromatic nitrogens is 2. The van der Waals surface area contributed by atoms with E-state index in [1.54, 1.807) is 23.0 Å². The van der Waals surface area contributed by atoms with Gasteiger partial charge in [0.25, 0.3) is 0 Å². The zero-order valence-corrected chi connectivity index (χ0v) is 12.7. The second-order valence-electron chi connectivity index (χ2n) is 5.87. The Kier molecular flexibility index (Phi) is 3.43. The van der Waals surface area contributed by atoms with Gasteiger partial charge >= 0.3 is 0 Å². The van der Waals surface area contributed by atoms with Crippen LogP contribution in [0.15, 0.2) is 36.5 Å². The molecule has 0 saturated carbocycles. The highest BCUT2D eigenvalue weighted by molar-refractivity contribution is 5.74. The number of rotatable bonds is 2. The van der Waals surface area contributed by atoms with Crippen molar-refractivity contribution in [1.82, 2.24) is 9.78 Å². The lowest BCUT2D eigenvalue weighted by Gasteiger charge is -2.30. The number of nitrogens with zero attached hydrogens (tertiary/aromatic N) is 2. The molecule has 120 valence electrons. The van der Waals surface area contributed by atoms with E-state index < -0.39 is 5.79 Å². The van der Waals surface area contributed by atoms with Crippen LogP contribution < -0.4 is 5.73 Å². The minimum absolute atomic E-state index is 0.281. The number of halogens is 1. The van der Waals surface area contributed by atoms with E-state index in [2.05, 4.69) is 11.2 Å². The summed E-state index contributed by atoms with van der Waals surface area (Å²) in [6, 6.07) is 6.11. The van der Waals surface area contributed by atoms with Crippen LogP contribution in [0.2, 0.25) is 0 Å². The maximum absolute atomic E-state index is 13.1. The van der Waals surface area contributed by atoms with Crippen LogP contribution >= 0.6 is 0 Å². The van der Waals surface area contributed by atoms with Crippen molar-refractivity contribution in [2.45, 2.75) is 25.0 Å². The highest BCUT2D eigenvalue weighted by atomic mass is 19.1. The van der Waals surface area contributed by atoms with Gasteiger partial charge in [0, 0.05) is 18.4 Å². The fourth-order valence-electron chi connectivity index (χ4n) is 3.21. The second kappa shape index (κ2) is 5.47. The van der Waals surface area contributed by atoms with Crippen LogP contribution in [0.4, 0.5) is 10.2 Å². The third-order valence-corrected chi connectivity index (χ3v) is 4.47. The predicted molar refractivity (Wildman–Crippen MR) is 84.4 cm³/mol. The second-order valence-corrected chi connectivity index (χ2v) is 5.87. The average Bonchev–Trinajstić information content (AvgIpc) is 3.17. The van der Waals surface area contributed by atoms with Crippen molar-refractivity contribution < 1.29 is 13.9 Å². The van der Waals surface area contributed by atoms with Crippen LogP contribution in [-0.2, 0) is 9.47 Å². The molecule has 1 aromatic carbocycles. The summed E-state index contributed by atoms with van der Waals surface area (Å²) >= 11 is 0. The lowest BCUT2D eigenvalue weighted by molar-refractivity contribution is -0.159. The van der Waals surface area contributed by atoms with Gasteiger partial charge in [0.05, 0.1) is 25.1 Å². The molecule has 1 fully saturated rings. The Hall–Kier alpha value is -2.18. The van der Waals surface area contributed by atoms with Crippen molar-refractivity contribution in [2.75, 3.05) is 18.9 Å². The van der Waals surface area contributed by atoms with Gasteiger partial charge < -0.3 is 15.2 Å². The Morgan fingerprint density at radius 3 is 2.57 bits per heavy atom. The van der Waals surface area contributed by atoms with Crippen molar-refractivity contribution in [3.05, 3.63) is 47.9 Å². The standard InChI is InChI=1S/C17H18FN3O2/c18-13-1-3-14(4-2-13)21-16(19)15(11-20-21)12-5-7-17(8-6-12)22-9-10-23-17/h1-5,11H,6-10,19H2. The van der Waals surface area contributed by atoms with Gasteiger partial charge in [-0.25, -0.2) is 9.07 Å². The van der Waals surface area contributed by atoms with Crippen molar-refractivity contribution >= 4 is 11.4 Å². The molecule has 0 unspecified atom stereocenters. The summed E-state index contributed by atoms with van der Waals surface area (Å²) in [7, 11) is 0. The van der Waals surface area contributed by atoms with E-state index in [-0.39, 0.29) is 5.82 Å². The first-order valence-electron chi connectivity index (χ1n) is 7.74. The number of anilines is 1. The van der Waals surface area contributed by atoms with Gasteiger partial charge in [-0.1, -0.05) is 6.08 Å². The molecule has 1 spiro atoms. The molecule has 1 saturated heterocycles. The van der Waals surface area contributed by atoms with E-state index in [4.69, 9.17) is 15.2 Å². The molecule has 1 aromatic heterocycles. The van der Waals surface area contributed by atoms with Gasteiger partial charge in [-0.3, -0.25) is 0 Å². The van der Waals surface area contributed by atoms with Gasteiger partial charge in [-0.2, -0.15) is 5.10 Å². The van der Waals surface area contributed by atoms with Gasteiger partial charge in [-0.05, 0) is 36.3 Å². The summed E-state index contributed by atoms with van der Waals surface area (Å²) in [5.41, 5.74) is 9.07. The van der Waals surface area contributed by atoms with Crippen molar-refractivity contribution in [3.63, 3.8) is 0 Å². The number of nitrogen functional groups attached to an aromatic ring is 1. The average molecular weight is 315 g/mol. The maximum atomic E-state index is 13.1. The van der Waals surface area contributed by atoms with Crippen LogP contribution in [0.3, 0.4) is 0 Å². The zero-order valence-electron chi connectivity index (χ0n) is 12.7. The third-order valence-electron chi connectivity index (χ3n) is 4.47. The largest absolute Gasteiger partial charge is 0.383 e. The first-order valence-corrected chi connectivity index (χ1v) is 7.74. The molecule has 2 aliphatic rings. The molecule has 5 nitrogen and oxygen atoms in total. The third kappa shape index (κ3) is 2.54. The molecule has 0 bridgehead atoms. The molecule has 0 amide bonds. The van der Waals surface area contributed by atoms with Crippen LogP contribution in [0, 0.1) is 5.82 Å². The molecule has 0 atom stereocenters. The minimum atomic E-state index is -0.439. The Morgan fingerprint density at radius 2 is 1.91 bits per heavy atom. The molecule has 4 rings (SSSR count). The Labute approximate surface area is 133 Å². The lowest BCUT2D eigenvalue weighted by Crippen LogP contribution is -2.31. The quantitative estimate of drug-likeness (QED) is 0.925. The molecule has 23 heavy (non-hydrogen) atoms. The SMILES string of the molecule is Nc1c(C2=CCC3(CC2)OCCO3)cnn1-c1ccc(F)cc1. The van der Waals surface area contributed by atoms with Gasteiger partial charge in [0.2, 0.25) is 0 Å². The van der Waals surface area contributed by atoms with E-state index in [1.807, 2.05) is 0 Å². The summed E-state index contributed by atoms with van der Waals surface area (Å²) in [6.07, 6.45) is 6.26. The van der Waals surface area contributed by atoms with Gasteiger partial charge in [0.15, 0.2) is 5.79 Å².